The minimum Gasteiger partial charge on any atom is -0.458 e. The van der Waals surface area contributed by atoms with E-state index in [1.807, 2.05) is 44.2 Å². The molecule has 8 nitrogen and oxygen atoms in total. The van der Waals surface area contributed by atoms with Crippen LogP contribution in [0.15, 0.2) is 48.5 Å². The summed E-state index contributed by atoms with van der Waals surface area (Å²) in [6.45, 7) is 3.76. The first-order valence-corrected chi connectivity index (χ1v) is 8.03. The number of esters is 1. The lowest BCUT2D eigenvalue weighted by Crippen LogP contribution is -2.23. The largest absolute Gasteiger partial charge is 0.458 e. The second-order valence-corrected chi connectivity index (χ2v) is 5.80. The Bertz CT molecular complexity index is 789. The molecule has 0 aliphatic carbocycles. The van der Waals surface area contributed by atoms with Crippen LogP contribution >= 0.6 is 0 Å². The summed E-state index contributed by atoms with van der Waals surface area (Å²) in [5, 5.41) is 21.9. The third-order valence-corrected chi connectivity index (χ3v) is 4.10. The molecule has 26 heavy (non-hydrogen) atoms. The number of carbonyl (C=O) groups is 1. The van der Waals surface area contributed by atoms with Crippen molar-refractivity contribution < 1.29 is 19.4 Å². The molecule has 0 heterocycles. The Morgan fingerprint density at radius 1 is 1.04 bits per heavy atom. The van der Waals surface area contributed by atoms with Gasteiger partial charge < -0.3 is 4.74 Å². The van der Waals surface area contributed by atoms with Crippen LogP contribution < -0.4 is 0 Å². The van der Waals surface area contributed by atoms with Crippen LogP contribution in [0.3, 0.4) is 0 Å². The SMILES string of the molecule is CC[C@@H](OC(=O)c1cc([N+](=O)[O-])cc([N+](=O)[O-])c1)[C@H](C)c1ccccc1. The summed E-state index contributed by atoms with van der Waals surface area (Å²) in [5.74, 6) is -0.926. The van der Waals surface area contributed by atoms with Crippen LogP contribution in [0.5, 0.6) is 0 Å². The summed E-state index contributed by atoms with van der Waals surface area (Å²) < 4.78 is 5.49. The molecule has 0 saturated carbocycles. The number of hydrogen-bond donors (Lipinski definition) is 0. The fraction of sp³-hybridized carbons (Fsp3) is 0.278. The molecular formula is C18H18N2O6. The Labute approximate surface area is 149 Å². The summed E-state index contributed by atoms with van der Waals surface area (Å²) in [5.41, 5.74) is -0.299. The smallest absolute Gasteiger partial charge is 0.338 e. The number of nitro groups is 2. The molecule has 0 aliphatic heterocycles. The molecule has 0 unspecified atom stereocenters. The Hall–Kier alpha value is -3.29. The quantitative estimate of drug-likeness (QED) is 0.415. The number of hydrogen-bond acceptors (Lipinski definition) is 6. The van der Waals surface area contributed by atoms with Crippen molar-refractivity contribution in [2.24, 2.45) is 0 Å². The van der Waals surface area contributed by atoms with Crippen LogP contribution in [0.4, 0.5) is 11.4 Å². The summed E-state index contributed by atoms with van der Waals surface area (Å²) in [7, 11) is 0. The third kappa shape index (κ3) is 4.41. The minimum absolute atomic E-state index is 0.0983. The number of benzene rings is 2. The van der Waals surface area contributed by atoms with E-state index in [0.29, 0.717) is 6.42 Å². The molecule has 0 N–H and O–H groups in total. The highest BCUT2D eigenvalue weighted by atomic mass is 16.6. The summed E-state index contributed by atoms with van der Waals surface area (Å²) in [6.07, 6.45) is 0.0574. The van der Waals surface area contributed by atoms with Crippen LogP contribution in [0.25, 0.3) is 0 Å². The normalized spacial score (nSPS) is 12.8. The predicted molar refractivity (Wildman–Crippen MR) is 94.1 cm³/mol. The van der Waals surface area contributed by atoms with E-state index in [9.17, 15) is 25.0 Å². The van der Waals surface area contributed by atoms with E-state index in [0.717, 1.165) is 23.8 Å². The zero-order chi connectivity index (χ0) is 19.3. The standard InChI is InChI=1S/C18H18N2O6/c1-3-17(12(2)13-7-5-4-6-8-13)26-18(21)14-9-15(19(22)23)11-16(10-14)20(24)25/h4-12,17H,3H2,1-2H3/t12-,17-/m1/s1. The Balaban J connectivity index is 2.27. The molecule has 0 fully saturated rings. The molecule has 0 bridgehead atoms. The Morgan fingerprint density at radius 3 is 2.04 bits per heavy atom. The molecule has 2 aromatic carbocycles. The molecule has 0 aromatic heterocycles. The van der Waals surface area contributed by atoms with Gasteiger partial charge in [0.25, 0.3) is 11.4 Å². The van der Waals surface area contributed by atoms with Gasteiger partial charge in [-0.3, -0.25) is 20.2 Å². The van der Waals surface area contributed by atoms with Gasteiger partial charge in [0, 0.05) is 18.1 Å². The Morgan fingerprint density at radius 2 is 1.58 bits per heavy atom. The number of non-ortho nitro benzene ring substituents is 2. The van der Waals surface area contributed by atoms with Gasteiger partial charge in [-0.25, -0.2) is 4.79 Å². The van der Waals surface area contributed by atoms with Gasteiger partial charge >= 0.3 is 5.97 Å². The molecule has 136 valence electrons. The van der Waals surface area contributed by atoms with Gasteiger partial charge in [0.1, 0.15) is 6.10 Å². The van der Waals surface area contributed by atoms with Crippen LogP contribution in [0, 0.1) is 20.2 Å². The lowest BCUT2D eigenvalue weighted by atomic mass is 9.94. The van der Waals surface area contributed by atoms with Gasteiger partial charge in [0.2, 0.25) is 0 Å². The van der Waals surface area contributed by atoms with Crippen LogP contribution in [-0.4, -0.2) is 21.9 Å². The number of carbonyl (C=O) groups excluding carboxylic acids is 1. The van der Waals surface area contributed by atoms with E-state index in [4.69, 9.17) is 4.74 Å². The van der Waals surface area contributed by atoms with Crippen molar-refractivity contribution in [3.63, 3.8) is 0 Å². The zero-order valence-corrected chi connectivity index (χ0v) is 14.3. The lowest BCUT2D eigenvalue weighted by Gasteiger charge is -2.23. The Kier molecular flexibility index (Phi) is 6.00. The van der Waals surface area contributed by atoms with Crippen molar-refractivity contribution >= 4 is 17.3 Å². The number of rotatable bonds is 7. The highest BCUT2D eigenvalue weighted by Crippen LogP contribution is 2.27. The van der Waals surface area contributed by atoms with Gasteiger partial charge in [-0.2, -0.15) is 0 Å². The predicted octanol–water partition coefficient (Wildman–Crippen LogP) is 4.24. The molecule has 2 atom stereocenters. The van der Waals surface area contributed by atoms with Crippen LogP contribution in [0.1, 0.15) is 42.1 Å². The maximum Gasteiger partial charge on any atom is 0.338 e. The average molecular weight is 358 g/mol. The maximum absolute atomic E-state index is 12.4. The van der Waals surface area contributed by atoms with Crippen molar-refractivity contribution in [1.82, 2.24) is 0 Å². The van der Waals surface area contributed by atoms with Crippen LogP contribution in [-0.2, 0) is 4.74 Å². The van der Waals surface area contributed by atoms with Crippen molar-refractivity contribution in [2.75, 3.05) is 0 Å². The first kappa shape index (κ1) is 19.0. The first-order valence-electron chi connectivity index (χ1n) is 8.03. The summed E-state index contributed by atoms with van der Waals surface area (Å²) >= 11 is 0. The number of ether oxygens (including phenoxy) is 1. The molecule has 2 aromatic rings. The zero-order valence-electron chi connectivity index (χ0n) is 14.3. The molecule has 0 aliphatic rings. The van der Waals surface area contributed by atoms with E-state index in [1.54, 1.807) is 0 Å². The van der Waals surface area contributed by atoms with Crippen molar-refractivity contribution in [1.29, 1.82) is 0 Å². The number of nitro benzene ring substituents is 2. The number of nitrogens with zero attached hydrogens (tertiary/aromatic N) is 2. The minimum atomic E-state index is -0.827. The van der Waals surface area contributed by atoms with Gasteiger partial charge in [0.15, 0.2) is 0 Å². The fourth-order valence-electron chi connectivity index (χ4n) is 2.64. The van der Waals surface area contributed by atoms with E-state index in [-0.39, 0.29) is 11.5 Å². The molecule has 2 rings (SSSR count). The van der Waals surface area contributed by atoms with E-state index < -0.39 is 33.3 Å². The second-order valence-electron chi connectivity index (χ2n) is 5.80. The van der Waals surface area contributed by atoms with Gasteiger partial charge in [-0.05, 0) is 12.0 Å². The maximum atomic E-state index is 12.4. The average Bonchev–Trinajstić information content (AvgIpc) is 2.65. The van der Waals surface area contributed by atoms with Gasteiger partial charge in [-0.1, -0.05) is 44.2 Å². The van der Waals surface area contributed by atoms with Crippen molar-refractivity contribution in [3.05, 3.63) is 79.9 Å². The molecule has 0 amide bonds. The van der Waals surface area contributed by atoms with E-state index in [1.165, 1.54) is 0 Å². The highest BCUT2D eigenvalue weighted by Gasteiger charge is 2.25. The van der Waals surface area contributed by atoms with Crippen LogP contribution in [0.2, 0.25) is 0 Å². The summed E-state index contributed by atoms with van der Waals surface area (Å²) in [4.78, 5) is 32.8. The van der Waals surface area contributed by atoms with Crippen molar-refractivity contribution in [3.8, 4) is 0 Å². The van der Waals surface area contributed by atoms with E-state index >= 15 is 0 Å². The van der Waals surface area contributed by atoms with Crippen molar-refractivity contribution in [2.45, 2.75) is 32.3 Å². The first-order chi connectivity index (χ1) is 12.3. The summed E-state index contributed by atoms with van der Waals surface area (Å²) in [6, 6.07) is 12.2. The molecular weight excluding hydrogens is 340 g/mol. The lowest BCUT2D eigenvalue weighted by molar-refractivity contribution is -0.394. The van der Waals surface area contributed by atoms with E-state index in [2.05, 4.69) is 0 Å². The monoisotopic (exact) mass is 358 g/mol. The second kappa shape index (κ2) is 8.19. The topological polar surface area (TPSA) is 113 Å². The molecule has 0 radical (unpaired) electrons. The fourth-order valence-corrected chi connectivity index (χ4v) is 2.64. The molecule has 0 saturated heterocycles. The van der Waals surface area contributed by atoms with Gasteiger partial charge in [-0.15, -0.1) is 0 Å². The van der Waals surface area contributed by atoms with Gasteiger partial charge in [0.05, 0.1) is 21.5 Å². The molecule has 0 spiro atoms. The highest BCUT2D eigenvalue weighted by molar-refractivity contribution is 5.91. The third-order valence-electron chi connectivity index (χ3n) is 4.10. The molecule has 8 heteroatoms.